The fraction of sp³-hybridized carbons (Fsp3) is 0.111. The number of amides is 2. The van der Waals surface area contributed by atoms with Gasteiger partial charge in [0.05, 0.1) is 11.1 Å². The molecule has 7 nitrogen and oxygen atoms in total. The molecular weight excluding hydrogens is 388 g/mol. The Morgan fingerprint density at radius 2 is 1.81 bits per heavy atom. The predicted molar refractivity (Wildman–Crippen MR) is 100 cm³/mol. The second-order valence-corrected chi connectivity index (χ2v) is 8.16. The summed E-state index contributed by atoms with van der Waals surface area (Å²) in [5.41, 5.74) is 2.30. The van der Waals surface area contributed by atoms with Gasteiger partial charge in [-0.05, 0) is 23.9 Å². The van der Waals surface area contributed by atoms with Crippen molar-refractivity contribution in [2.45, 2.75) is 18.6 Å². The Morgan fingerprint density at radius 3 is 2.48 bits per heavy atom. The molecule has 0 unspecified atom stereocenters. The van der Waals surface area contributed by atoms with Crippen molar-refractivity contribution >= 4 is 33.2 Å². The summed E-state index contributed by atoms with van der Waals surface area (Å²) in [5, 5.41) is 5.36. The number of aryl methyl sites for hydroxylation is 1. The van der Waals surface area contributed by atoms with Crippen LogP contribution in [0.4, 0.5) is 0 Å². The number of nitrogens with one attached hydrogen (secondary N) is 2. The number of hydrogen-bond donors (Lipinski definition) is 2. The van der Waals surface area contributed by atoms with Gasteiger partial charge in [-0.1, -0.05) is 29.8 Å². The summed E-state index contributed by atoms with van der Waals surface area (Å²) >= 11 is 1.27. The lowest BCUT2D eigenvalue weighted by atomic mass is 10.1. The van der Waals surface area contributed by atoms with Gasteiger partial charge in [-0.15, -0.1) is 0 Å². The number of sulfonamides is 1. The van der Waals surface area contributed by atoms with E-state index in [-0.39, 0.29) is 11.1 Å². The first-order chi connectivity index (χ1) is 12.8. The lowest BCUT2D eigenvalue weighted by Gasteiger charge is -2.04. The van der Waals surface area contributed by atoms with Gasteiger partial charge in [0.15, 0.2) is 0 Å². The minimum atomic E-state index is -4.21. The Hall–Kier alpha value is -2.91. The summed E-state index contributed by atoms with van der Waals surface area (Å²) in [6, 6.07) is 10.2. The van der Waals surface area contributed by atoms with E-state index in [0.29, 0.717) is 6.54 Å². The fourth-order valence-electron chi connectivity index (χ4n) is 2.19. The number of furan rings is 1. The number of thiophene rings is 1. The topological polar surface area (TPSA) is 105 Å². The molecule has 1 aromatic carbocycles. The Morgan fingerprint density at radius 1 is 1.07 bits per heavy atom. The molecule has 3 aromatic rings. The van der Waals surface area contributed by atoms with Crippen molar-refractivity contribution in [3.8, 4) is 0 Å². The first kappa shape index (κ1) is 18.9. The van der Waals surface area contributed by atoms with E-state index < -0.39 is 26.9 Å². The summed E-state index contributed by atoms with van der Waals surface area (Å²) < 4.78 is 31.3. The van der Waals surface area contributed by atoms with Crippen LogP contribution in [0.3, 0.4) is 0 Å². The smallest absolute Gasteiger partial charge is 0.297 e. The highest BCUT2D eigenvalue weighted by Gasteiger charge is 2.24. The molecule has 27 heavy (non-hydrogen) atoms. The van der Waals surface area contributed by atoms with Crippen molar-refractivity contribution in [1.29, 1.82) is 0 Å². The number of hydrogen-bond acceptors (Lipinski definition) is 6. The lowest BCUT2D eigenvalue weighted by molar-refractivity contribution is 0.0948. The molecule has 2 N–H and O–H groups in total. The van der Waals surface area contributed by atoms with Gasteiger partial charge in [0.1, 0.15) is 6.26 Å². The van der Waals surface area contributed by atoms with Gasteiger partial charge >= 0.3 is 0 Å². The summed E-state index contributed by atoms with van der Waals surface area (Å²) in [6.07, 6.45) is 1.04. The molecule has 2 amide bonds. The van der Waals surface area contributed by atoms with E-state index in [1.54, 1.807) is 5.38 Å². The molecule has 0 saturated carbocycles. The van der Waals surface area contributed by atoms with E-state index in [2.05, 4.69) is 5.32 Å². The zero-order chi connectivity index (χ0) is 19.4. The van der Waals surface area contributed by atoms with Crippen LogP contribution in [0.1, 0.15) is 31.8 Å². The highest BCUT2D eigenvalue weighted by molar-refractivity contribution is 7.90. The molecule has 2 heterocycles. The monoisotopic (exact) mass is 404 g/mol. The maximum atomic E-state index is 12.2. The van der Waals surface area contributed by atoms with E-state index >= 15 is 0 Å². The van der Waals surface area contributed by atoms with Gasteiger partial charge in [0.25, 0.3) is 21.8 Å². The van der Waals surface area contributed by atoms with Gasteiger partial charge in [-0.25, -0.2) is 4.72 Å². The third kappa shape index (κ3) is 4.63. The van der Waals surface area contributed by atoms with Crippen molar-refractivity contribution in [1.82, 2.24) is 10.0 Å². The molecular formula is C18H16N2O5S2. The van der Waals surface area contributed by atoms with Gasteiger partial charge in [-0.2, -0.15) is 19.8 Å². The molecule has 9 heteroatoms. The Bertz CT molecular complexity index is 1050. The lowest BCUT2D eigenvalue weighted by Crippen LogP contribution is -2.30. The quantitative estimate of drug-likeness (QED) is 0.657. The zero-order valence-corrected chi connectivity index (χ0v) is 15.9. The van der Waals surface area contributed by atoms with Crippen LogP contribution in [0.2, 0.25) is 0 Å². The molecule has 0 bridgehead atoms. The van der Waals surface area contributed by atoms with E-state index in [1.807, 2.05) is 35.9 Å². The average Bonchev–Trinajstić information content (AvgIpc) is 3.32. The van der Waals surface area contributed by atoms with Crippen LogP contribution < -0.4 is 10.0 Å². The molecule has 0 saturated heterocycles. The minimum absolute atomic E-state index is 0.0467. The zero-order valence-electron chi connectivity index (χ0n) is 14.3. The van der Waals surface area contributed by atoms with Crippen LogP contribution in [0.25, 0.3) is 0 Å². The molecule has 0 spiro atoms. The summed E-state index contributed by atoms with van der Waals surface area (Å²) in [5.74, 6) is -1.25. The normalized spacial score (nSPS) is 11.1. The van der Waals surface area contributed by atoms with Gasteiger partial charge in [0.2, 0.25) is 5.09 Å². The molecule has 140 valence electrons. The van der Waals surface area contributed by atoms with E-state index in [1.165, 1.54) is 22.8 Å². The first-order valence-corrected chi connectivity index (χ1v) is 10.3. The van der Waals surface area contributed by atoms with Crippen LogP contribution in [-0.2, 0) is 16.6 Å². The molecule has 2 aromatic heterocycles. The maximum absolute atomic E-state index is 12.2. The Labute approximate surface area is 160 Å². The third-order valence-corrected chi connectivity index (χ3v) is 5.57. The van der Waals surface area contributed by atoms with Crippen LogP contribution >= 0.6 is 11.3 Å². The number of benzene rings is 1. The van der Waals surface area contributed by atoms with Gasteiger partial charge in [-0.3, -0.25) is 9.59 Å². The molecule has 0 atom stereocenters. The van der Waals surface area contributed by atoms with Gasteiger partial charge in [0, 0.05) is 18.0 Å². The average molecular weight is 404 g/mol. The van der Waals surface area contributed by atoms with Crippen molar-refractivity contribution in [3.63, 3.8) is 0 Å². The second-order valence-electron chi connectivity index (χ2n) is 5.77. The Kier molecular flexibility index (Phi) is 5.43. The van der Waals surface area contributed by atoms with Crippen molar-refractivity contribution < 1.29 is 22.4 Å². The molecule has 0 aliphatic carbocycles. The second kappa shape index (κ2) is 7.77. The largest absolute Gasteiger partial charge is 0.450 e. The molecule has 0 radical (unpaired) electrons. The molecule has 0 fully saturated rings. The summed E-state index contributed by atoms with van der Waals surface area (Å²) in [7, 11) is -4.21. The standard InChI is InChI=1S/C18H16N2O5S2/c1-12-2-4-13(5-3-12)9-19-17(21)15-8-16(25-10-15)27(23,24)20-18(22)14-6-7-26-11-14/h2-8,10-11H,9H2,1H3,(H,19,21)(H,20,22). The van der Waals surface area contributed by atoms with Crippen LogP contribution in [0, 0.1) is 6.92 Å². The number of carbonyl (C=O) groups excluding carboxylic acids is 2. The van der Waals surface area contributed by atoms with Crippen molar-refractivity contribution in [2.24, 2.45) is 0 Å². The molecule has 0 aliphatic heterocycles. The summed E-state index contributed by atoms with van der Waals surface area (Å²) in [4.78, 5) is 24.1. The van der Waals surface area contributed by atoms with Crippen LogP contribution in [-0.4, -0.2) is 20.2 Å². The maximum Gasteiger partial charge on any atom is 0.297 e. The number of carbonyl (C=O) groups is 2. The van der Waals surface area contributed by atoms with Crippen LogP contribution in [0.5, 0.6) is 0 Å². The minimum Gasteiger partial charge on any atom is -0.450 e. The first-order valence-electron chi connectivity index (χ1n) is 7.87. The van der Waals surface area contributed by atoms with E-state index in [9.17, 15) is 18.0 Å². The van der Waals surface area contributed by atoms with E-state index in [0.717, 1.165) is 23.5 Å². The molecule has 0 aliphatic rings. The highest BCUT2D eigenvalue weighted by Crippen LogP contribution is 2.15. The fourth-order valence-corrected chi connectivity index (χ4v) is 3.75. The Balaban J connectivity index is 1.65. The SMILES string of the molecule is Cc1ccc(CNC(=O)c2coc(S(=O)(=O)NC(=O)c3ccsc3)c2)cc1. The third-order valence-electron chi connectivity index (χ3n) is 3.69. The van der Waals surface area contributed by atoms with Gasteiger partial charge < -0.3 is 9.73 Å². The van der Waals surface area contributed by atoms with Crippen molar-refractivity contribution in [3.05, 3.63) is 75.7 Å². The van der Waals surface area contributed by atoms with Crippen molar-refractivity contribution in [2.75, 3.05) is 0 Å². The van der Waals surface area contributed by atoms with E-state index in [4.69, 9.17) is 4.42 Å². The van der Waals surface area contributed by atoms with Crippen LogP contribution in [0.15, 0.2) is 62.9 Å². The summed E-state index contributed by atoms with van der Waals surface area (Å²) in [6.45, 7) is 2.26. The number of rotatable bonds is 6. The molecule has 3 rings (SSSR count). The highest BCUT2D eigenvalue weighted by atomic mass is 32.2. The predicted octanol–water partition coefficient (Wildman–Crippen LogP) is 2.70.